The number of fused-ring (bicyclic) bond motifs is 1. The maximum atomic E-state index is 4.47. The Morgan fingerprint density at radius 2 is 2.06 bits per heavy atom. The molecule has 0 saturated heterocycles. The Morgan fingerprint density at radius 3 is 2.76 bits per heavy atom. The Bertz CT molecular complexity index is 486. The molecule has 0 spiro atoms. The summed E-state index contributed by atoms with van der Waals surface area (Å²) in [5.41, 5.74) is 2.33. The van der Waals surface area contributed by atoms with Crippen LogP contribution in [-0.4, -0.2) is 11.5 Å². The van der Waals surface area contributed by atoms with Gasteiger partial charge in [-0.15, -0.1) is 11.3 Å². The number of anilines is 1. The first-order valence-electron chi connectivity index (χ1n) is 6.34. The molecule has 0 aliphatic heterocycles. The fraction of sp³-hybridized carbons (Fsp3) is 0.500. The van der Waals surface area contributed by atoms with Gasteiger partial charge in [-0.05, 0) is 31.0 Å². The number of nitrogens with one attached hydrogen (secondary N) is 1. The van der Waals surface area contributed by atoms with E-state index in [1.54, 1.807) is 11.3 Å². The molecule has 2 nitrogen and oxygen atoms in total. The number of hydrogen-bond acceptors (Lipinski definition) is 3. The first-order valence-corrected chi connectivity index (χ1v) is 7.15. The van der Waals surface area contributed by atoms with Crippen LogP contribution in [0.2, 0.25) is 0 Å². The van der Waals surface area contributed by atoms with Crippen LogP contribution in [0.5, 0.6) is 0 Å². The van der Waals surface area contributed by atoms with E-state index in [4.69, 9.17) is 0 Å². The van der Waals surface area contributed by atoms with Crippen molar-refractivity contribution in [3.05, 3.63) is 23.2 Å². The smallest absolute Gasteiger partial charge is 0.0907 e. The van der Waals surface area contributed by atoms with E-state index in [9.17, 15) is 0 Å². The number of aryl methyl sites for hydroxylation is 1. The summed E-state index contributed by atoms with van der Waals surface area (Å²) in [7, 11) is 0. The van der Waals surface area contributed by atoms with Gasteiger partial charge in [0.15, 0.2) is 0 Å². The minimum absolute atomic E-state index is 0.772. The first-order chi connectivity index (χ1) is 8.22. The van der Waals surface area contributed by atoms with E-state index in [0.717, 1.165) is 23.0 Å². The van der Waals surface area contributed by atoms with Crippen LogP contribution >= 0.6 is 11.3 Å². The van der Waals surface area contributed by atoms with E-state index in [1.165, 1.54) is 23.2 Å². The zero-order chi connectivity index (χ0) is 12.3. The van der Waals surface area contributed by atoms with Crippen molar-refractivity contribution in [2.45, 2.75) is 33.6 Å². The lowest BCUT2D eigenvalue weighted by atomic mass is 10.0. The zero-order valence-corrected chi connectivity index (χ0v) is 11.6. The van der Waals surface area contributed by atoms with Crippen molar-refractivity contribution in [1.82, 2.24) is 4.98 Å². The summed E-state index contributed by atoms with van der Waals surface area (Å²) in [4.78, 5) is 4.47. The van der Waals surface area contributed by atoms with E-state index >= 15 is 0 Å². The van der Waals surface area contributed by atoms with Crippen molar-refractivity contribution in [2.75, 3.05) is 11.9 Å². The fourth-order valence-corrected chi connectivity index (χ4v) is 2.86. The highest BCUT2D eigenvalue weighted by Gasteiger charge is 2.04. The van der Waals surface area contributed by atoms with E-state index in [0.29, 0.717) is 0 Å². The summed E-state index contributed by atoms with van der Waals surface area (Å²) < 4.78 is 1.28. The minimum atomic E-state index is 0.772. The number of rotatable bonds is 5. The van der Waals surface area contributed by atoms with Crippen LogP contribution in [0.3, 0.4) is 0 Å². The van der Waals surface area contributed by atoms with Crippen molar-refractivity contribution >= 4 is 27.2 Å². The fourth-order valence-electron chi connectivity index (χ4n) is 1.99. The third kappa shape index (κ3) is 2.97. The Balaban J connectivity index is 2.08. The van der Waals surface area contributed by atoms with Crippen LogP contribution < -0.4 is 5.32 Å². The quantitative estimate of drug-likeness (QED) is 0.845. The molecule has 0 radical (unpaired) electrons. The Labute approximate surface area is 107 Å². The highest BCUT2D eigenvalue weighted by Crippen LogP contribution is 2.25. The van der Waals surface area contributed by atoms with E-state index in [-0.39, 0.29) is 0 Å². The molecule has 0 aliphatic carbocycles. The molecule has 0 bridgehead atoms. The van der Waals surface area contributed by atoms with Crippen LogP contribution in [-0.2, 0) is 0 Å². The van der Waals surface area contributed by atoms with Crippen LogP contribution in [0.1, 0.15) is 31.7 Å². The molecule has 2 rings (SSSR count). The normalized spacial score (nSPS) is 11.3. The predicted octanol–water partition coefficient (Wildman–Crippen LogP) is 4.45. The summed E-state index contributed by atoms with van der Waals surface area (Å²) in [6, 6.07) is 6.44. The summed E-state index contributed by atoms with van der Waals surface area (Å²) in [5, 5.41) is 4.66. The monoisotopic (exact) mass is 248 g/mol. The predicted molar refractivity (Wildman–Crippen MR) is 76.9 cm³/mol. The third-order valence-corrected chi connectivity index (χ3v) is 4.18. The van der Waals surface area contributed by atoms with Gasteiger partial charge in [0.05, 0.1) is 15.2 Å². The maximum Gasteiger partial charge on any atom is 0.0907 e. The molecule has 17 heavy (non-hydrogen) atoms. The van der Waals surface area contributed by atoms with Gasteiger partial charge in [0, 0.05) is 12.2 Å². The average molecular weight is 248 g/mol. The molecule has 1 aromatic carbocycles. The largest absolute Gasteiger partial charge is 0.385 e. The minimum Gasteiger partial charge on any atom is -0.385 e. The van der Waals surface area contributed by atoms with Gasteiger partial charge < -0.3 is 5.32 Å². The highest BCUT2D eigenvalue weighted by molar-refractivity contribution is 7.18. The number of aromatic nitrogens is 1. The van der Waals surface area contributed by atoms with Crippen molar-refractivity contribution in [3.63, 3.8) is 0 Å². The molecule has 0 fully saturated rings. The molecular formula is C14H20N2S. The summed E-state index contributed by atoms with van der Waals surface area (Å²) in [6.45, 7) is 7.63. The average Bonchev–Trinajstić information content (AvgIpc) is 2.69. The zero-order valence-electron chi connectivity index (χ0n) is 10.8. The van der Waals surface area contributed by atoms with Crippen molar-refractivity contribution in [1.29, 1.82) is 0 Å². The second kappa shape index (κ2) is 5.50. The molecule has 0 amide bonds. The van der Waals surface area contributed by atoms with Crippen LogP contribution in [0.15, 0.2) is 18.2 Å². The first kappa shape index (κ1) is 12.4. The maximum absolute atomic E-state index is 4.47. The second-order valence-electron chi connectivity index (χ2n) is 4.48. The lowest BCUT2D eigenvalue weighted by molar-refractivity contribution is 0.519. The number of nitrogens with zero attached hydrogens (tertiary/aromatic N) is 1. The highest BCUT2D eigenvalue weighted by atomic mass is 32.1. The lowest BCUT2D eigenvalue weighted by Crippen LogP contribution is -2.12. The van der Waals surface area contributed by atoms with Gasteiger partial charge in [-0.1, -0.05) is 26.7 Å². The Kier molecular flexibility index (Phi) is 4.00. The van der Waals surface area contributed by atoms with Crippen molar-refractivity contribution in [3.8, 4) is 0 Å². The molecule has 0 saturated carbocycles. The van der Waals surface area contributed by atoms with Gasteiger partial charge in [0.1, 0.15) is 0 Å². The van der Waals surface area contributed by atoms with Gasteiger partial charge in [-0.2, -0.15) is 0 Å². The molecule has 1 aromatic heterocycles. The van der Waals surface area contributed by atoms with E-state index < -0.39 is 0 Å². The standard InChI is InChI=1S/C14H20N2S/c1-4-11(5-2)9-15-12-6-7-13-14(8-12)17-10(3)16-13/h6-8,11,15H,4-5,9H2,1-3H3. The molecular weight excluding hydrogens is 228 g/mol. The molecule has 1 N–H and O–H groups in total. The van der Waals surface area contributed by atoms with Gasteiger partial charge in [-0.25, -0.2) is 4.98 Å². The summed E-state index contributed by atoms with van der Waals surface area (Å²) in [5.74, 6) is 0.772. The summed E-state index contributed by atoms with van der Waals surface area (Å²) >= 11 is 1.76. The van der Waals surface area contributed by atoms with Gasteiger partial charge in [0.25, 0.3) is 0 Å². The SMILES string of the molecule is CCC(CC)CNc1ccc2nc(C)sc2c1. The van der Waals surface area contributed by atoms with E-state index in [2.05, 4.69) is 49.3 Å². The Hall–Kier alpha value is -1.09. The van der Waals surface area contributed by atoms with Crippen LogP contribution in [0.25, 0.3) is 10.2 Å². The van der Waals surface area contributed by atoms with Gasteiger partial charge >= 0.3 is 0 Å². The van der Waals surface area contributed by atoms with Gasteiger partial charge in [0.2, 0.25) is 0 Å². The third-order valence-electron chi connectivity index (χ3n) is 3.24. The number of thiazole rings is 1. The molecule has 0 unspecified atom stereocenters. The molecule has 0 atom stereocenters. The molecule has 2 aromatic rings. The number of hydrogen-bond donors (Lipinski definition) is 1. The van der Waals surface area contributed by atoms with Gasteiger partial charge in [-0.3, -0.25) is 0 Å². The lowest BCUT2D eigenvalue weighted by Gasteiger charge is -2.14. The molecule has 1 heterocycles. The molecule has 0 aliphatic rings. The molecule has 92 valence electrons. The van der Waals surface area contributed by atoms with Crippen molar-refractivity contribution in [2.24, 2.45) is 5.92 Å². The van der Waals surface area contributed by atoms with Crippen LogP contribution in [0.4, 0.5) is 5.69 Å². The second-order valence-corrected chi connectivity index (χ2v) is 5.71. The Morgan fingerprint density at radius 1 is 1.29 bits per heavy atom. The molecule has 3 heteroatoms. The van der Waals surface area contributed by atoms with E-state index in [1.807, 2.05) is 0 Å². The number of benzene rings is 1. The topological polar surface area (TPSA) is 24.9 Å². The van der Waals surface area contributed by atoms with Crippen molar-refractivity contribution < 1.29 is 0 Å². The summed E-state index contributed by atoms with van der Waals surface area (Å²) in [6.07, 6.45) is 2.48. The van der Waals surface area contributed by atoms with Crippen LogP contribution in [0, 0.1) is 12.8 Å².